The third-order valence-electron chi connectivity index (χ3n) is 7.43. The van der Waals surface area contributed by atoms with E-state index in [1.54, 1.807) is 18.2 Å². The van der Waals surface area contributed by atoms with Gasteiger partial charge in [-0.2, -0.15) is 9.97 Å². The van der Waals surface area contributed by atoms with Gasteiger partial charge < -0.3 is 19.9 Å². The molecule has 6 nitrogen and oxygen atoms in total. The number of ether oxygens (including phenoxy) is 1. The van der Waals surface area contributed by atoms with Crippen LogP contribution in [-0.4, -0.2) is 48.8 Å². The summed E-state index contributed by atoms with van der Waals surface area (Å²) >= 11 is 0. The van der Waals surface area contributed by atoms with E-state index >= 15 is 0 Å². The van der Waals surface area contributed by atoms with Crippen molar-refractivity contribution in [1.82, 2.24) is 15.3 Å². The zero-order valence-corrected chi connectivity index (χ0v) is 17.9. The summed E-state index contributed by atoms with van der Waals surface area (Å²) in [6.07, 6.45) is 8.60. The molecule has 1 aromatic heterocycles. The molecule has 0 spiro atoms. The van der Waals surface area contributed by atoms with Gasteiger partial charge in [0.2, 0.25) is 0 Å². The molecule has 0 amide bonds. The van der Waals surface area contributed by atoms with Crippen LogP contribution in [0, 0.1) is 0 Å². The molecule has 1 aliphatic carbocycles. The van der Waals surface area contributed by atoms with E-state index in [1.807, 2.05) is 0 Å². The van der Waals surface area contributed by atoms with E-state index in [4.69, 9.17) is 14.7 Å². The molecule has 2 fully saturated rings. The molecule has 2 saturated heterocycles. The number of hydrogen-bond acceptors (Lipinski definition) is 6. The molecule has 2 bridgehead atoms. The lowest BCUT2D eigenvalue weighted by molar-refractivity contribution is 0.374. The SMILES string of the molecule is COc1nc2c(c(N3CC4CCC(C3)N4)n1)CCN(c1cccc3c1CCCC3)C2. The maximum absolute atomic E-state index is 5.53. The molecule has 2 aromatic rings. The molecule has 4 heterocycles. The minimum Gasteiger partial charge on any atom is -0.467 e. The predicted molar refractivity (Wildman–Crippen MR) is 119 cm³/mol. The highest BCUT2D eigenvalue weighted by molar-refractivity contribution is 5.61. The summed E-state index contributed by atoms with van der Waals surface area (Å²) < 4.78 is 5.53. The highest BCUT2D eigenvalue weighted by atomic mass is 16.5. The van der Waals surface area contributed by atoms with Crippen molar-refractivity contribution >= 4 is 11.5 Å². The second kappa shape index (κ2) is 7.41. The van der Waals surface area contributed by atoms with E-state index in [2.05, 4.69) is 33.3 Å². The lowest BCUT2D eigenvalue weighted by atomic mass is 9.89. The number of benzene rings is 1. The number of anilines is 2. The number of aromatic nitrogens is 2. The Morgan fingerprint density at radius 3 is 2.63 bits per heavy atom. The van der Waals surface area contributed by atoms with E-state index in [0.717, 1.165) is 44.1 Å². The minimum absolute atomic E-state index is 0.506. The summed E-state index contributed by atoms with van der Waals surface area (Å²) in [5.74, 6) is 1.12. The molecule has 1 aromatic carbocycles. The van der Waals surface area contributed by atoms with Crippen molar-refractivity contribution in [2.75, 3.05) is 36.5 Å². The van der Waals surface area contributed by atoms with Gasteiger partial charge in [-0.05, 0) is 62.1 Å². The molecular formula is C24H31N5O. The van der Waals surface area contributed by atoms with Crippen LogP contribution >= 0.6 is 0 Å². The smallest absolute Gasteiger partial charge is 0.318 e. The highest BCUT2D eigenvalue weighted by Gasteiger charge is 2.35. The quantitative estimate of drug-likeness (QED) is 0.848. The summed E-state index contributed by atoms with van der Waals surface area (Å²) in [5.41, 5.74) is 6.99. The van der Waals surface area contributed by atoms with Gasteiger partial charge in [0.05, 0.1) is 19.3 Å². The summed E-state index contributed by atoms with van der Waals surface area (Å²) in [7, 11) is 1.68. The zero-order valence-electron chi connectivity index (χ0n) is 17.9. The van der Waals surface area contributed by atoms with E-state index in [9.17, 15) is 0 Å². The van der Waals surface area contributed by atoms with Crippen LogP contribution in [-0.2, 0) is 25.8 Å². The van der Waals surface area contributed by atoms with Crippen LogP contribution < -0.4 is 19.9 Å². The van der Waals surface area contributed by atoms with Gasteiger partial charge in [-0.15, -0.1) is 0 Å². The molecule has 3 aliphatic heterocycles. The Bertz CT molecular complexity index is 949. The number of nitrogens with one attached hydrogen (secondary N) is 1. The number of piperazine rings is 1. The zero-order chi connectivity index (χ0) is 20.1. The molecule has 158 valence electrons. The van der Waals surface area contributed by atoms with Gasteiger partial charge in [-0.3, -0.25) is 0 Å². The number of fused-ring (bicyclic) bond motifs is 4. The number of nitrogens with zero attached hydrogens (tertiary/aromatic N) is 4. The monoisotopic (exact) mass is 405 g/mol. The molecule has 4 aliphatic rings. The summed E-state index contributed by atoms with van der Waals surface area (Å²) in [5, 5.41) is 3.73. The van der Waals surface area contributed by atoms with Crippen LogP contribution in [0.25, 0.3) is 0 Å². The normalized spacial score (nSPS) is 25.1. The second-order valence-electron chi connectivity index (χ2n) is 9.30. The van der Waals surface area contributed by atoms with E-state index < -0.39 is 0 Å². The third kappa shape index (κ3) is 3.13. The Labute approximate surface area is 178 Å². The van der Waals surface area contributed by atoms with Crippen molar-refractivity contribution in [3.05, 3.63) is 40.6 Å². The van der Waals surface area contributed by atoms with Crippen molar-refractivity contribution < 1.29 is 4.74 Å². The molecule has 1 N–H and O–H groups in total. The van der Waals surface area contributed by atoms with E-state index in [1.165, 1.54) is 49.8 Å². The fourth-order valence-electron chi connectivity index (χ4n) is 5.97. The Hall–Kier alpha value is -2.34. The lowest BCUT2D eigenvalue weighted by Crippen LogP contribution is -2.52. The van der Waals surface area contributed by atoms with Gasteiger partial charge in [0, 0.05) is 43.0 Å². The minimum atomic E-state index is 0.506. The Kier molecular flexibility index (Phi) is 4.55. The first-order valence-corrected chi connectivity index (χ1v) is 11.6. The van der Waals surface area contributed by atoms with Gasteiger partial charge in [0.15, 0.2) is 0 Å². The van der Waals surface area contributed by atoms with E-state index in [0.29, 0.717) is 18.1 Å². The largest absolute Gasteiger partial charge is 0.467 e. The van der Waals surface area contributed by atoms with Crippen LogP contribution in [0.1, 0.15) is 48.1 Å². The van der Waals surface area contributed by atoms with Crippen LogP contribution in [0.15, 0.2) is 18.2 Å². The molecule has 0 radical (unpaired) electrons. The van der Waals surface area contributed by atoms with Crippen molar-refractivity contribution in [3.8, 4) is 6.01 Å². The molecular weight excluding hydrogens is 374 g/mol. The summed E-state index contributed by atoms with van der Waals surface area (Å²) in [6.45, 7) is 3.96. The second-order valence-corrected chi connectivity index (χ2v) is 9.30. The van der Waals surface area contributed by atoms with Crippen LogP contribution in [0.2, 0.25) is 0 Å². The van der Waals surface area contributed by atoms with Gasteiger partial charge in [0.25, 0.3) is 0 Å². The third-order valence-corrected chi connectivity index (χ3v) is 7.43. The molecule has 6 heteroatoms. The summed E-state index contributed by atoms with van der Waals surface area (Å²) in [4.78, 5) is 14.7. The lowest BCUT2D eigenvalue weighted by Gasteiger charge is -2.38. The average molecular weight is 406 g/mol. The Morgan fingerprint density at radius 1 is 0.967 bits per heavy atom. The van der Waals surface area contributed by atoms with Gasteiger partial charge in [-0.1, -0.05) is 12.1 Å². The molecule has 30 heavy (non-hydrogen) atoms. The van der Waals surface area contributed by atoms with Crippen molar-refractivity contribution in [1.29, 1.82) is 0 Å². The highest BCUT2D eigenvalue weighted by Crippen LogP contribution is 2.36. The van der Waals surface area contributed by atoms with Crippen LogP contribution in [0.3, 0.4) is 0 Å². The number of aryl methyl sites for hydroxylation is 1. The number of hydrogen-bond donors (Lipinski definition) is 1. The van der Waals surface area contributed by atoms with Gasteiger partial charge in [-0.25, -0.2) is 0 Å². The van der Waals surface area contributed by atoms with Crippen molar-refractivity contribution in [3.63, 3.8) is 0 Å². The fraction of sp³-hybridized carbons (Fsp3) is 0.583. The molecule has 0 saturated carbocycles. The maximum Gasteiger partial charge on any atom is 0.318 e. The molecule has 2 atom stereocenters. The fourth-order valence-corrected chi connectivity index (χ4v) is 5.97. The standard InChI is InChI=1S/C24H31N5O/c1-30-24-26-21-15-28(22-8-4-6-16-5-2-3-7-19(16)22)12-11-20(21)23(27-24)29-13-17-9-10-18(14-29)25-17/h4,6,8,17-18,25H,2-3,5,7,9-15H2,1H3. The first-order chi connectivity index (χ1) is 14.8. The number of methoxy groups -OCH3 is 1. The molecule has 6 rings (SSSR count). The molecule has 2 unspecified atom stereocenters. The first kappa shape index (κ1) is 18.4. The topological polar surface area (TPSA) is 53.5 Å². The summed E-state index contributed by atoms with van der Waals surface area (Å²) in [6, 6.07) is 8.55. The van der Waals surface area contributed by atoms with E-state index in [-0.39, 0.29) is 0 Å². The van der Waals surface area contributed by atoms with Gasteiger partial charge >= 0.3 is 6.01 Å². The maximum atomic E-state index is 5.53. The van der Waals surface area contributed by atoms with Crippen molar-refractivity contribution in [2.45, 2.75) is 63.6 Å². The average Bonchev–Trinajstić information content (AvgIpc) is 3.14. The van der Waals surface area contributed by atoms with Crippen molar-refractivity contribution in [2.24, 2.45) is 0 Å². The van der Waals surface area contributed by atoms with Gasteiger partial charge in [0.1, 0.15) is 5.82 Å². The van der Waals surface area contributed by atoms with Crippen LogP contribution in [0.4, 0.5) is 11.5 Å². The predicted octanol–water partition coefficient (Wildman–Crippen LogP) is 2.87. The Morgan fingerprint density at radius 2 is 1.80 bits per heavy atom. The van der Waals surface area contributed by atoms with Crippen LogP contribution in [0.5, 0.6) is 6.01 Å². The number of rotatable bonds is 3. The Balaban J connectivity index is 1.34. The first-order valence-electron chi connectivity index (χ1n) is 11.6.